The topological polar surface area (TPSA) is 9.23 Å². The minimum Gasteiger partial charge on any atom is -1.00 e. The molecular formula is C15H28INO. The summed E-state index contributed by atoms with van der Waals surface area (Å²) < 4.78 is 6.38. The number of unbranched alkanes of at least 4 members (excludes halogenated alkanes) is 1. The summed E-state index contributed by atoms with van der Waals surface area (Å²) in [6.45, 7) is 14.0. The van der Waals surface area contributed by atoms with Gasteiger partial charge in [0, 0.05) is 6.08 Å². The van der Waals surface area contributed by atoms with Crippen LogP contribution in [0, 0.1) is 11.8 Å². The molecule has 0 spiro atoms. The van der Waals surface area contributed by atoms with E-state index >= 15 is 0 Å². The summed E-state index contributed by atoms with van der Waals surface area (Å²) in [5.41, 5.74) is 0. The van der Waals surface area contributed by atoms with Crippen molar-refractivity contribution in [2.75, 3.05) is 32.8 Å². The van der Waals surface area contributed by atoms with Crippen molar-refractivity contribution in [3.8, 4) is 11.8 Å². The predicted octanol–water partition coefficient (Wildman–Crippen LogP) is 0.201. The minimum atomic E-state index is 0. The Hall–Kier alpha value is -0.210. The molecular weight excluding hydrogens is 337 g/mol. The van der Waals surface area contributed by atoms with Gasteiger partial charge in [-0.2, -0.15) is 0 Å². The van der Waals surface area contributed by atoms with Gasteiger partial charge in [0.1, 0.15) is 6.54 Å². The minimum absolute atomic E-state index is 0. The molecule has 0 aliphatic carbocycles. The van der Waals surface area contributed by atoms with Gasteiger partial charge in [0.05, 0.1) is 32.5 Å². The maximum Gasteiger partial charge on any atom is 0.141 e. The van der Waals surface area contributed by atoms with Crippen molar-refractivity contribution in [1.82, 2.24) is 0 Å². The van der Waals surface area contributed by atoms with Gasteiger partial charge in [-0.15, -0.1) is 0 Å². The summed E-state index contributed by atoms with van der Waals surface area (Å²) >= 11 is 0. The largest absolute Gasteiger partial charge is 1.00 e. The Morgan fingerprint density at radius 2 is 1.67 bits per heavy atom. The molecule has 18 heavy (non-hydrogen) atoms. The fraction of sp³-hybridized carbons (Fsp3) is 0.733. The van der Waals surface area contributed by atoms with Crippen molar-refractivity contribution in [2.24, 2.45) is 0 Å². The van der Waals surface area contributed by atoms with Crippen molar-refractivity contribution < 1.29 is 33.2 Å². The molecule has 0 radical (unpaired) electrons. The van der Waals surface area contributed by atoms with Crippen LogP contribution in [-0.4, -0.2) is 37.3 Å². The van der Waals surface area contributed by atoms with E-state index in [0.717, 1.165) is 43.7 Å². The summed E-state index contributed by atoms with van der Waals surface area (Å²) in [4.78, 5) is 0. The van der Waals surface area contributed by atoms with Crippen LogP contribution in [0.4, 0.5) is 0 Å². The molecule has 0 aliphatic rings. The Morgan fingerprint density at radius 3 is 2.17 bits per heavy atom. The Morgan fingerprint density at radius 1 is 1.06 bits per heavy atom. The molecule has 0 aromatic heterocycles. The van der Waals surface area contributed by atoms with Crippen LogP contribution in [0.1, 0.15) is 40.5 Å². The van der Waals surface area contributed by atoms with Crippen molar-refractivity contribution >= 4 is 0 Å². The van der Waals surface area contributed by atoms with Crippen molar-refractivity contribution in [3.63, 3.8) is 0 Å². The molecule has 0 unspecified atom stereocenters. The maximum atomic E-state index is 5.30. The van der Waals surface area contributed by atoms with E-state index in [1.54, 1.807) is 6.26 Å². The average Bonchev–Trinajstić information content (AvgIpc) is 2.38. The third kappa shape index (κ3) is 8.82. The number of hydrogen-bond acceptors (Lipinski definition) is 1. The first-order chi connectivity index (χ1) is 8.24. The summed E-state index contributed by atoms with van der Waals surface area (Å²) in [6, 6.07) is 0. The van der Waals surface area contributed by atoms with Gasteiger partial charge in [-0.3, -0.25) is 0 Å². The summed E-state index contributed by atoms with van der Waals surface area (Å²) in [7, 11) is 0. The molecule has 2 nitrogen and oxygen atoms in total. The molecule has 0 aromatic rings. The van der Waals surface area contributed by atoms with Gasteiger partial charge in [-0.05, 0) is 33.1 Å². The normalized spacial score (nSPS) is 10.7. The molecule has 0 saturated carbocycles. The number of rotatable bonds is 8. The highest BCUT2D eigenvalue weighted by Gasteiger charge is 2.18. The van der Waals surface area contributed by atoms with Gasteiger partial charge in [0.25, 0.3) is 0 Å². The number of ether oxygens (including phenoxy) is 1. The van der Waals surface area contributed by atoms with Crippen molar-refractivity contribution in [3.05, 3.63) is 12.3 Å². The Labute approximate surface area is 130 Å². The lowest BCUT2D eigenvalue weighted by molar-refractivity contribution is -0.916. The number of quaternary nitrogens is 1. The fourth-order valence-corrected chi connectivity index (χ4v) is 1.66. The number of halogens is 1. The molecule has 0 bridgehead atoms. The van der Waals surface area contributed by atoms with Gasteiger partial charge >= 0.3 is 0 Å². The first kappa shape index (κ1) is 20.1. The molecule has 0 amide bonds. The second-order valence-corrected chi connectivity index (χ2v) is 4.30. The number of nitrogens with zero attached hydrogens (tertiary/aromatic N) is 1. The third-order valence-electron chi connectivity index (χ3n) is 3.39. The SMILES string of the molecule is CCCCO/C=C/C#CC[N+](CC)(CC)CC.[I-]. The number of allylic oxidation sites excluding steroid dienone is 1. The van der Waals surface area contributed by atoms with Crippen LogP contribution in [0.15, 0.2) is 12.3 Å². The van der Waals surface area contributed by atoms with Gasteiger partial charge in [0.2, 0.25) is 0 Å². The molecule has 0 rings (SSSR count). The first-order valence-electron chi connectivity index (χ1n) is 6.84. The van der Waals surface area contributed by atoms with Gasteiger partial charge in [-0.25, -0.2) is 0 Å². The van der Waals surface area contributed by atoms with E-state index in [4.69, 9.17) is 4.74 Å². The molecule has 0 heterocycles. The second-order valence-electron chi connectivity index (χ2n) is 4.30. The number of hydrogen-bond donors (Lipinski definition) is 0. The molecule has 106 valence electrons. The monoisotopic (exact) mass is 365 g/mol. The van der Waals surface area contributed by atoms with Crippen LogP contribution in [0.5, 0.6) is 0 Å². The first-order valence-corrected chi connectivity index (χ1v) is 6.84. The van der Waals surface area contributed by atoms with Gasteiger partial charge in [0.15, 0.2) is 0 Å². The zero-order chi connectivity index (χ0) is 13.0. The highest BCUT2D eigenvalue weighted by Crippen LogP contribution is 2.03. The van der Waals surface area contributed by atoms with Crippen LogP contribution < -0.4 is 24.0 Å². The van der Waals surface area contributed by atoms with Gasteiger partial charge < -0.3 is 33.2 Å². The zero-order valence-corrected chi connectivity index (χ0v) is 14.5. The zero-order valence-electron chi connectivity index (χ0n) is 12.3. The van der Waals surface area contributed by atoms with Crippen LogP contribution in [0.3, 0.4) is 0 Å². The quantitative estimate of drug-likeness (QED) is 0.196. The van der Waals surface area contributed by atoms with Crippen molar-refractivity contribution in [1.29, 1.82) is 0 Å². The standard InChI is InChI=1S/C15H28NO.HI/c1-5-9-14-17-15-12-10-11-13-16(6-2,7-3)8-4;/h12,15H,5-9,13-14H2,1-4H3;1H/q+1;/p-1/b15-12+;. The molecule has 0 atom stereocenters. The van der Waals surface area contributed by atoms with Crippen molar-refractivity contribution in [2.45, 2.75) is 40.5 Å². The summed E-state index contributed by atoms with van der Waals surface area (Å²) in [5, 5.41) is 0. The predicted molar refractivity (Wildman–Crippen MR) is 74.5 cm³/mol. The fourth-order valence-electron chi connectivity index (χ4n) is 1.66. The highest BCUT2D eigenvalue weighted by molar-refractivity contribution is 5.13. The van der Waals surface area contributed by atoms with Crippen LogP contribution in [-0.2, 0) is 4.74 Å². The smallest absolute Gasteiger partial charge is 0.141 e. The lowest BCUT2D eigenvalue weighted by Crippen LogP contribution is -3.00. The lowest BCUT2D eigenvalue weighted by Gasteiger charge is -2.33. The van der Waals surface area contributed by atoms with E-state index in [0.29, 0.717) is 0 Å². The second kappa shape index (κ2) is 13.2. The van der Waals surface area contributed by atoms with Crippen LogP contribution in [0.25, 0.3) is 0 Å². The summed E-state index contributed by atoms with van der Waals surface area (Å²) in [6.07, 6.45) is 5.80. The molecule has 0 N–H and O–H groups in total. The van der Waals surface area contributed by atoms with Gasteiger partial charge in [-0.1, -0.05) is 19.3 Å². The Balaban J connectivity index is 0. The third-order valence-corrected chi connectivity index (χ3v) is 3.39. The van der Waals surface area contributed by atoms with E-state index < -0.39 is 0 Å². The Kier molecular flexibility index (Phi) is 14.8. The highest BCUT2D eigenvalue weighted by atomic mass is 127. The molecule has 0 fully saturated rings. The average molecular weight is 365 g/mol. The van der Waals surface area contributed by atoms with E-state index in [2.05, 4.69) is 39.5 Å². The maximum absolute atomic E-state index is 5.30. The van der Waals surface area contributed by atoms with E-state index in [1.807, 2.05) is 6.08 Å². The Bertz CT molecular complexity index is 253. The summed E-state index contributed by atoms with van der Waals surface area (Å²) in [5.74, 6) is 6.27. The van der Waals surface area contributed by atoms with E-state index in [1.165, 1.54) is 6.42 Å². The molecule has 0 aliphatic heterocycles. The van der Waals surface area contributed by atoms with Crippen LogP contribution in [0.2, 0.25) is 0 Å². The van der Waals surface area contributed by atoms with Crippen LogP contribution >= 0.6 is 0 Å². The molecule has 0 saturated heterocycles. The lowest BCUT2D eigenvalue weighted by atomic mass is 10.3. The van der Waals surface area contributed by atoms with E-state index in [9.17, 15) is 0 Å². The molecule has 3 heteroatoms. The molecule has 0 aromatic carbocycles. The van der Waals surface area contributed by atoms with E-state index in [-0.39, 0.29) is 24.0 Å².